The lowest BCUT2D eigenvalue weighted by Gasteiger charge is -2.36. The van der Waals surface area contributed by atoms with Crippen molar-refractivity contribution in [3.63, 3.8) is 0 Å². The second-order valence-electron chi connectivity index (χ2n) is 11.3. The molecule has 1 aromatic carbocycles. The number of rotatable bonds is 13. The maximum atomic E-state index is 14.1. The van der Waals surface area contributed by atoms with Gasteiger partial charge >= 0.3 is 6.09 Å². The van der Waals surface area contributed by atoms with E-state index in [-0.39, 0.29) is 23.8 Å². The first-order valence-corrected chi connectivity index (χ1v) is 13.4. The van der Waals surface area contributed by atoms with Crippen LogP contribution in [-0.2, 0) is 14.3 Å². The molecule has 7 nitrogen and oxygen atoms in total. The number of carbonyl (C=O) groups excluding carboxylic acids is 3. The predicted octanol–water partition coefficient (Wildman–Crippen LogP) is 5.91. The van der Waals surface area contributed by atoms with Gasteiger partial charge in [-0.25, -0.2) is 4.79 Å². The topological polar surface area (TPSA) is 87.7 Å². The molecule has 0 fully saturated rings. The van der Waals surface area contributed by atoms with Gasteiger partial charge in [-0.2, -0.15) is 0 Å². The third-order valence-electron chi connectivity index (χ3n) is 5.74. The molecular weight excluding hydrogens is 454 g/mol. The van der Waals surface area contributed by atoms with Crippen molar-refractivity contribution in [1.82, 2.24) is 15.5 Å². The number of unbranched alkanes of at least 4 members (excludes halogenated alkanes) is 4. The number of hydrogen-bond donors (Lipinski definition) is 2. The van der Waals surface area contributed by atoms with Gasteiger partial charge in [0.05, 0.1) is 0 Å². The SMILES string of the molecule is CCCCCCCN(C(=O)C(NC(=O)OC(C)(C)C)C(C)C)C(C(=O)NC(C)C)c1cccc(C)c1. The molecule has 1 aromatic rings. The Labute approximate surface area is 218 Å². The lowest BCUT2D eigenvalue weighted by Crippen LogP contribution is -2.55. The van der Waals surface area contributed by atoms with E-state index in [4.69, 9.17) is 4.74 Å². The van der Waals surface area contributed by atoms with Crippen molar-refractivity contribution in [3.05, 3.63) is 35.4 Å². The number of ether oxygens (including phenoxy) is 1. The zero-order valence-electron chi connectivity index (χ0n) is 23.9. The van der Waals surface area contributed by atoms with Crippen LogP contribution in [0.25, 0.3) is 0 Å². The van der Waals surface area contributed by atoms with Gasteiger partial charge in [0.1, 0.15) is 17.7 Å². The minimum atomic E-state index is -0.824. The lowest BCUT2D eigenvalue weighted by atomic mass is 9.97. The molecule has 0 spiro atoms. The Morgan fingerprint density at radius 3 is 2.14 bits per heavy atom. The molecule has 0 radical (unpaired) electrons. The Bertz CT molecular complexity index is 845. The Balaban J connectivity index is 3.41. The van der Waals surface area contributed by atoms with Gasteiger partial charge in [-0.3, -0.25) is 9.59 Å². The molecule has 0 aliphatic rings. The molecule has 0 aliphatic carbocycles. The number of carbonyl (C=O) groups is 3. The lowest BCUT2D eigenvalue weighted by molar-refractivity contribution is -0.143. The summed E-state index contributed by atoms with van der Waals surface area (Å²) in [5, 5.41) is 5.78. The van der Waals surface area contributed by atoms with Gasteiger partial charge in [0.2, 0.25) is 11.8 Å². The minimum Gasteiger partial charge on any atom is -0.444 e. The van der Waals surface area contributed by atoms with E-state index in [9.17, 15) is 14.4 Å². The summed E-state index contributed by atoms with van der Waals surface area (Å²) >= 11 is 0. The van der Waals surface area contributed by atoms with Gasteiger partial charge in [-0.15, -0.1) is 0 Å². The molecule has 0 saturated carbocycles. The predicted molar refractivity (Wildman–Crippen MR) is 146 cm³/mol. The fraction of sp³-hybridized carbons (Fsp3) is 0.690. The summed E-state index contributed by atoms with van der Waals surface area (Å²) in [7, 11) is 0. The minimum absolute atomic E-state index is 0.0768. The molecule has 2 unspecified atom stereocenters. The summed E-state index contributed by atoms with van der Waals surface area (Å²) < 4.78 is 5.43. The first kappa shape index (κ1) is 31.5. The van der Waals surface area contributed by atoms with E-state index in [1.165, 1.54) is 0 Å². The van der Waals surface area contributed by atoms with Crippen molar-refractivity contribution >= 4 is 17.9 Å². The Morgan fingerprint density at radius 1 is 0.972 bits per heavy atom. The second kappa shape index (κ2) is 14.9. The van der Waals surface area contributed by atoms with Crippen molar-refractivity contribution in [2.45, 2.75) is 118 Å². The summed E-state index contributed by atoms with van der Waals surface area (Å²) in [4.78, 5) is 41.9. The summed E-state index contributed by atoms with van der Waals surface area (Å²) in [6, 6.07) is 6.02. The highest BCUT2D eigenvalue weighted by atomic mass is 16.6. The van der Waals surface area contributed by atoms with E-state index in [2.05, 4.69) is 17.6 Å². The van der Waals surface area contributed by atoms with Gasteiger partial charge < -0.3 is 20.3 Å². The number of hydrogen-bond acceptors (Lipinski definition) is 4. The van der Waals surface area contributed by atoms with Crippen LogP contribution in [-0.4, -0.2) is 47.0 Å². The largest absolute Gasteiger partial charge is 0.444 e. The summed E-state index contributed by atoms with van der Waals surface area (Å²) in [5.41, 5.74) is 1.09. The highest BCUT2D eigenvalue weighted by Gasteiger charge is 2.37. The highest BCUT2D eigenvalue weighted by Crippen LogP contribution is 2.26. The van der Waals surface area contributed by atoms with Crippen LogP contribution in [0.3, 0.4) is 0 Å². The smallest absolute Gasteiger partial charge is 0.408 e. The Hall–Kier alpha value is -2.57. The van der Waals surface area contributed by atoms with E-state index in [1.807, 2.05) is 58.9 Å². The van der Waals surface area contributed by atoms with E-state index in [0.29, 0.717) is 6.54 Å². The normalized spacial score (nSPS) is 13.3. The van der Waals surface area contributed by atoms with Crippen molar-refractivity contribution in [1.29, 1.82) is 0 Å². The number of amides is 3. The van der Waals surface area contributed by atoms with Gasteiger partial charge in [-0.05, 0) is 59.4 Å². The number of nitrogens with zero attached hydrogens (tertiary/aromatic N) is 1. The summed E-state index contributed by atoms with van der Waals surface area (Å²) in [6.45, 7) is 17.5. The molecule has 0 heterocycles. The average molecular weight is 504 g/mol. The highest BCUT2D eigenvalue weighted by molar-refractivity contribution is 5.92. The van der Waals surface area contributed by atoms with Crippen LogP contribution in [0.15, 0.2) is 24.3 Å². The molecule has 0 aromatic heterocycles. The number of nitrogens with one attached hydrogen (secondary N) is 2. The van der Waals surface area contributed by atoms with Crippen molar-refractivity contribution in [2.75, 3.05) is 6.54 Å². The van der Waals surface area contributed by atoms with E-state index in [1.54, 1.807) is 25.7 Å². The zero-order chi connectivity index (χ0) is 27.5. The van der Waals surface area contributed by atoms with Crippen LogP contribution >= 0.6 is 0 Å². The molecule has 0 aliphatic heterocycles. The first-order valence-electron chi connectivity index (χ1n) is 13.4. The van der Waals surface area contributed by atoms with Gasteiger partial charge in [-0.1, -0.05) is 76.3 Å². The quantitative estimate of drug-likeness (QED) is 0.328. The number of aryl methyl sites for hydroxylation is 1. The van der Waals surface area contributed by atoms with Gasteiger partial charge in [0.15, 0.2) is 0 Å². The first-order chi connectivity index (χ1) is 16.8. The average Bonchev–Trinajstić information content (AvgIpc) is 2.74. The molecule has 2 atom stereocenters. The molecule has 0 bridgehead atoms. The standard InChI is InChI=1S/C29H49N3O4/c1-10-11-12-13-14-18-32(27(34)24(20(2)3)31-28(35)36-29(7,8)9)25(26(33)30-21(4)5)23-17-15-16-22(6)19-23/h15-17,19-21,24-25H,10-14,18H2,1-9H3,(H,30,33)(H,31,35). The Kier molecular flexibility index (Phi) is 13.0. The van der Waals surface area contributed by atoms with Crippen molar-refractivity contribution < 1.29 is 19.1 Å². The van der Waals surface area contributed by atoms with Crippen LogP contribution < -0.4 is 10.6 Å². The van der Waals surface area contributed by atoms with Crippen LogP contribution in [0, 0.1) is 12.8 Å². The van der Waals surface area contributed by atoms with Gasteiger partial charge in [0.25, 0.3) is 0 Å². The fourth-order valence-corrected chi connectivity index (χ4v) is 4.06. The zero-order valence-corrected chi connectivity index (χ0v) is 23.9. The molecule has 2 N–H and O–H groups in total. The molecule has 204 valence electrons. The second-order valence-corrected chi connectivity index (χ2v) is 11.3. The molecule has 36 heavy (non-hydrogen) atoms. The van der Waals surface area contributed by atoms with E-state index in [0.717, 1.165) is 43.2 Å². The third-order valence-corrected chi connectivity index (χ3v) is 5.74. The summed E-state index contributed by atoms with van der Waals surface area (Å²) in [5.74, 6) is -0.701. The summed E-state index contributed by atoms with van der Waals surface area (Å²) in [6.07, 6.45) is 4.45. The maximum Gasteiger partial charge on any atom is 0.408 e. The van der Waals surface area contributed by atoms with Crippen LogP contribution in [0.1, 0.15) is 105 Å². The number of benzene rings is 1. The molecule has 7 heteroatoms. The van der Waals surface area contributed by atoms with Gasteiger partial charge in [0, 0.05) is 12.6 Å². The monoisotopic (exact) mass is 503 g/mol. The fourth-order valence-electron chi connectivity index (χ4n) is 4.06. The van der Waals surface area contributed by atoms with Crippen molar-refractivity contribution in [3.8, 4) is 0 Å². The van der Waals surface area contributed by atoms with Crippen molar-refractivity contribution in [2.24, 2.45) is 5.92 Å². The molecule has 1 rings (SSSR count). The van der Waals surface area contributed by atoms with E-state index < -0.39 is 23.8 Å². The van der Waals surface area contributed by atoms with E-state index >= 15 is 0 Å². The Morgan fingerprint density at radius 2 is 1.61 bits per heavy atom. The van der Waals surface area contributed by atoms with Crippen LogP contribution in [0.5, 0.6) is 0 Å². The van der Waals surface area contributed by atoms with Crippen LogP contribution in [0.4, 0.5) is 4.79 Å². The third kappa shape index (κ3) is 11.0. The molecule has 0 saturated heterocycles. The maximum absolute atomic E-state index is 14.1. The molecule has 3 amide bonds. The molecular formula is C29H49N3O4. The number of alkyl carbamates (subject to hydrolysis) is 1. The van der Waals surface area contributed by atoms with Crippen LogP contribution in [0.2, 0.25) is 0 Å².